The molecule has 0 saturated carbocycles. The maximum Gasteiger partial charge on any atom is 0.265 e. The molecule has 0 radical (unpaired) electrons. The van der Waals surface area contributed by atoms with E-state index in [1.54, 1.807) is 22.9 Å². The first-order valence-corrected chi connectivity index (χ1v) is 20.4. The van der Waals surface area contributed by atoms with Crippen molar-refractivity contribution in [3.63, 3.8) is 0 Å². The van der Waals surface area contributed by atoms with Crippen LogP contribution in [0.4, 0.5) is 21.6 Å². The van der Waals surface area contributed by atoms with Gasteiger partial charge in [0.2, 0.25) is 0 Å². The molecule has 4 heterocycles. The van der Waals surface area contributed by atoms with E-state index < -0.39 is 48.3 Å². The average Bonchev–Trinajstić information content (AvgIpc) is 3.85. The Hall–Kier alpha value is -3.99. The topological polar surface area (TPSA) is 222 Å². The van der Waals surface area contributed by atoms with Crippen molar-refractivity contribution in [1.29, 1.82) is 0 Å². The summed E-state index contributed by atoms with van der Waals surface area (Å²) in [5.41, 5.74) is 1.03. The Morgan fingerprint density at radius 1 is 0.729 bits per heavy atom. The van der Waals surface area contributed by atoms with E-state index in [9.17, 15) is 39.9 Å². The number of benzene rings is 2. The molecule has 4 aromatic rings. The summed E-state index contributed by atoms with van der Waals surface area (Å²) in [6.45, 7) is 0.700. The molecule has 0 aliphatic carbocycles. The molecular formula is C27H28N6O10S5. The minimum Gasteiger partial charge on any atom is -0.383 e. The maximum atomic E-state index is 12.3. The van der Waals surface area contributed by atoms with Crippen molar-refractivity contribution >= 4 is 86.3 Å². The number of aliphatic hydroxyl groups is 1. The van der Waals surface area contributed by atoms with Crippen molar-refractivity contribution in [3.8, 4) is 0 Å². The average molecular weight is 757 g/mol. The fourth-order valence-corrected chi connectivity index (χ4v) is 8.82. The predicted octanol–water partition coefficient (Wildman–Crippen LogP) is 2.07. The molecule has 0 bridgehead atoms. The van der Waals surface area contributed by atoms with Gasteiger partial charge in [-0.1, -0.05) is 0 Å². The number of hydrogen-bond acceptors (Lipinski definition) is 14. The first-order valence-electron chi connectivity index (χ1n) is 13.9. The fraction of sp³-hybridized carbons (Fsp3) is 0.259. The van der Waals surface area contributed by atoms with Crippen LogP contribution >= 0.6 is 22.7 Å². The number of nitrogens with one attached hydrogen (secondary N) is 2. The van der Waals surface area contributed by atoms with Crippen LogP contribution in [0.5, 0.6) is 0 Å². The molecule has 21 heteroatoms. The number of nitrogens with zero attached hydrogens (tertiary/aromatic N) is 4. The molecule has 6 rings (SSSR count). The third-order valence-corrected chi connectivity index (χ3v) is 11.8. The first kappa shape index (κ1) is 35.3. The van der Waals surface area contributed by atoms with Gasteiger partial charge in [-0.25, -0.2) is 26.8 Å². The van der Waals surface area contributed by atoms with Gasteiger partial charge >= 0.3 is 0 Å². The molecule has 0 unspecified atom stereocenters. The van der Waals surface area contributed by atoms with Crippen LogP contribution in [-0.2, 0) is 43.9 Å². The second kappa shape index (κ2) is 14.2. The summed E-state index contributed by atoms with van der Waals surface area (Å²) >= 11 is 2.34. The Balaban J connectivity index is 0.000000190. The predicted molar refractivity (Wildman–Crippen MR) is 178 cm³/mol. The summed E-state index contributed by atoms with van der Waals surface area (Å²) in [5.74, 6) is -0.844. The highest BCUT2D eigenvalue weighted by atomic mass is 32.2. The normalized spacial score (nSPS) is 18.5. The lowest BCUT2D eigenvalue weighted by molar-refractivity contribution is -0.124. The van der Waals surface area contributed by atoms with Crippen molar-refractivity contribution in [3.05, 3.63) is 71.7 Å². The van der Waals surface area contributed by atoms with Crippen LogP contribution in [0.1, 0.15) is 12.8 Å². The van der Waals surface area contributed by atoms with Gasteiger partial charge in [-0.2, -0.15) is 8.42 Å². The van der Waals surface area contributed by atoms with E-state index in [1.807, 2.05) is 0 Å². The molecule has 48 heavy (non-hydrogen) atoms. The van der Waals surface area contributed by atoms with E-state index in [-0.39, 0.29) is 33.8 Å². The van der Waals surface area contributed by atoms with Gasteiger partial charge in [-0.05, 0) is 48.5 Å². The minimum absolute atomic E-state index is 0.0204. The van der Waals surface area contributed by atoms with Crippen LogP contribution in [0.25, 0.3) is 0 Å². The number of thiazole rings is 2. The zero-order chi connectivity index (χ0) is 34.7. The highest BCUT2D eigenvalue weighted by Gasteiger charge is 2.36. The summed E-state index contributed by atoms with van der Waals surface area (Å²) < 4.78 is 80.8. The molecule has 2 atom stereocenters. The molecule has 256 valence electrons. The number of sulfonamides is 2. The highest BCUT2D eigenvalue weighted by Crippen LogP contribution is 2.27. The van der Waals surface area contributed by atoms with E-state index in [0.29, 0.717) is 29.5 Å². The quantitative estimate of drug-likeness (QED) is 0.198. The molecule has 2 amide bonds. The Kier molecular flexibility index (Phi) is 10.5. The fourth-order valence-electron chi connectivity index (χ4n) is 4.64. The van der Waals surface area contributed by atoms with Gasteiger partial charge in [0.25, 0.3) is 42.0 Å². The molecule has 2 aromatic heterocycles. The van der Waals surface area contributed by atoms with E-state index in [0.717, 1.165) is 17.6 Å². The van der Waals surface area contributed by atoms with Gasteiger partial charge in [-0.3, -0.25) is 23.2 Å². The van der Waals surface area contributed by atoms with Gasteiger partial charge in [0.05, 0.1) is 16.0 Å². The summed E-state index contributed by atoms with van der Waals surface area (Å²) in [4.78, 5) is 34.7. The van der Waals surface area contributed by atoms with Crippen molar-refractivity contribution in [1.82, 2.24) is 9.97 Å². The molecule has 2 fully saturated rings. The van der Waals surface area contributed by atoms with E-state index >= 15 is 0 Å². The highest BCUT2D eigenvalue weighted by molar-refractivity contribution is 7.93. The standard InChI is InChI=1S/C14H15N3O6S3.C13H13N3O4S2/c1-25(19,20)23-12-6-8-17(13(12)18)10-2-4-11(5-3-10)26(21,22)16-14-15-7-9-24-14;17-11-5-7-16(12(11)18)9-1-3-10(4-2-9)22(19,20)15-13-14-6-8-21-13/h2-5,7,9,12H,6,8H2,1H3,(H,15,16);1-4,6,8,11,17H,5,7H2,(H,14,15)/t12-;11-/m11/s1. The summed E-state index contributed by atoms with van der Waals surface area (Å²) in [6, 6.07) is 11.6. The van der Waals surface area contributed by atoms with Crippen LogP contribution in [-0.4, -0.2) is 83.7 Å². The maximum absolute atomic E-state index is 12.3. The van der Waals surface area contributed by atoms with Gasteiger partial charge in [0.15, 0.2) is 16.4 Å². The van der Waals surface area contributed by atoms with Crippen LogP contribution < -0.4 is 19.2 Å². The molecule has 16 nitrogen and oxygen atoms in total. The number of hydrogen-bond donors (Lipinski definition) is 3. The Morgan fingerprint density at radius 3 is 1.54 bits per heavy atom. The summed E-state index contributed by atoms with van der Waals surface area (Å²) in [7, 11) is -11.2. The smallest absolute Gasteiger partial charge is 0.265 e. The van der Waals surface area contributed by atoms with Gasteiger partial charge in [0, 0.05) is 60.5 Å². The lowest BCUT2D eigenvalue weighted by Crippen LogP contribution is -2.31. The summed E-state index contributed by atoms with van der Waals surface area (Å²) in [5, 5.41) is 13.3. The zero-order valence-corrected chi connectivity index (χ0v) is 28.9. The van der Waals surface area contributed by atoms with E-state index in [1.165, 1.54) is 69.9 Å². The molecule has 2 aliphatic rings. The van der Waals surface area contributed by atoms with Crippen LogP contribution in [0.15, 0.2) is 81.5 Å². The van der Waals surface area contributed by atoms with Crippen molar-refractivity contribution < 1.29 is 44.1 Å². The monoisotopic (exact) mass is 756 g/mol. The lowest BCUT2D eigenvalue weighted by atomic mass is 10.3. The minimum atomic E-state index is -3.78. The first-order chi connectivity index (χ1) is 22.6. The SMILES string of the molecule is CS(=O)(=O)O[C@@H]1CCN(c2ccc(S(=O)(=O)Nc3nccs3)cc2)C1=O.O=C1[C@H](O)CCN1c1ccc(S(=O)(=O)Nc2nccs2)cc1. The molecule has 3 N–H and O–H groups in total. The van der Waals surface area contributed by atoms with Gasteiger partial charge in [0.1, 0.15) is 6.10 Å². The number of carbonyl (C=O) groups is 2. The Labute approximate surface area is 284 Å². The largest absolute Gasteiger partial charge is 0.383 e. The number of aliphatic hydroxyl groups excluding tert-OH is 1. The van der Waals surface area contributed by atoms with Gasteiger partial charge in [-0.15, -0.1) is 22.7 Å². The van der Waals surface area contributed by atoms with Crippen molar-refractivity contribution in [2.45, 2.75) is 34.8 Å². The number of carbonyl (C=O) groups excluding carboxylic acids is 2. The zero-order valence-electron chi connectivity index (χ0n) is 24.9. The Bertz CT molecular complexity index is 2070. The second-order valence-corrected chi connectivity index (χ2v) is 17.0. The molecule has 2 aromatic carbocycles. The number of aromatic nitrogens is 2. The Morgan fingerprint density at radius 2 is 1.17 bits per heavy atom. The summed E-state index contributed by atoms with van der Waals surface area (Å²) in [6.07, 6.45) is 2.46. The number of rotatable bonds is 10. The number of amides is 2. The van der Waals surface area contributed by atoms with Gasteiger partial charge < -0.3 is 14.9 Å². The third kappa shape index (κ3) is 8.53. The molecule has 2 aliphatic heterocycles. The number of anilines is 4. The molecular weight excluding hydrogens is 729 g/mol. The van der Waals surface area contributed by atoms with E-state index in [2.05, 4.69) is 19.4 Å². The van der Waals surface area contributed by atoms with Crippen molar-refractivity contribution in [2.75, 3.05) is 38.6 Å². The molecule has 0 spiro atoms. The third-order valence-electron chi connectivity index (χ3n) is 6.85. The van der Waals surface area contributed by atoms with Crippen LogP contribution in [0.2, 0.25) is 0 Å². The van der Waals surface area contributed by atoms with Crippen LogP contribution in [0, 0.1) is 0 Å². The molecule has 2 saturated heterocycles. The second-order valence-electron chi connectivity index (χ2n) is 10.2. The van der Waals surface area contributed by atoms with Crippen molar-refractivity contribution in [2.24, 2.45) is 0 Å². The lowest BCUT2D eigenvalue weighted by Gasteiger charge is -2.17. The van der Waals surface area contributed by atoms with Crippen LogP contribution in [0.3, 0.4) is 0 Å². The van der Waals surface area contributed by atoms with E-state index in [4.69, 9.17) is 4.18 Å².